The molecule has 0 saturated carbocycles. The number of rotatable bonds is 6. The fraction of sp³-hybridized carbons (Fsp3) is 0.562. The minimum atomic E-state index is -3.69. The average Bonchev–Trinajstić information content (AvgIpc) is 2.55. The van der Waals surface area contributed by atoms with Gasteiger partial charge >= 0.3 is 0 Å². The van der Waals surface area contributed by atoms with Crippen molar-refractivity contribution in [1.82, 2.24) is 14.5 Å². The van der Waals surface area contributed by atoms with Gasteiger partial charge in [-0.3, -0.25) is 9.69 Å². The summed E-state index contributed by atoms with van der Waals surface area (Å²) in [7, 11) is -3.69. The quantitative estimate of drug-likeness (QED) is 0.826. The maximum Gasteiger partial charge on any atom is 0.243 e. The molecular weight excluding hydrogens is 333 g/mol. The third kappa shape index (κ3) is 4.75. The molecule has 0 spiro atoms. The van der Waals surface area contributed by atoms with Crippen LogP contribution >= 0.6 is 0 Å². The lowest BCUT2D eigenvalue weighted by atomic mass is 10.2. The Kier molecular flexibility index (Phi) is 6.31. The molecule has 0 aliphatic carbocycles. The van der Waals surface area contributed by atoms with Crippen molar-refractivity contribution in [3.63, 3.8) is 0 Å². The maximum absolute atomic E-state index is 13.3. The van der Waals surface area contributed by atoms with Crippen LogP contribution < -0.4 is 5.32 Å². The molecule has 1 aromatic rings. The Balaban J connectivity index is 1.91. The van der Waals surface area contributed by atoms with Gasteiger partial charge in [0.25, 0.3) is 0 Å². The third-order valence-corrected chi connectivity index (χ3v) is 6.05. The molecule has 6 nitrogen and oxygen atoms in total. The molecular formula is C16H24FN3O3S. The zero-order valence-corrected chi connectivity index (χ0v) is 14.9. The van der Waals surface area contributed by atoms with Crippen molar-refractivity contribution in [2.75, 3.05) is 32.7 Å². The molecule has 1 N–H and O–H groups in total. The largest absolute Gasteiger partial charge is 0.353 e. The van der Waals surface area contributed by atoms with E-state index in [1.165, 1.54) is 22.5 Å². The zero-order valence-electron chi connectivity index (χ0n) is 14.0. The summed E-state index contributed by atoms with van der Waals surface area (Å²) in [4.78, 5) is 13.8. The number of piperazine rings is 1. The van der Waals surface area contributed by atoms with Gasteiger partial charge in [0, 0.05) is 32.2 Å². The fourth-order valence-electron chi connectivity index (χ4n) is 2.53. The van der Waals surface area contributed by atoms with E-state index in [-0.39, 0.29) is 36.5 Å². The minimum absolute atomic E-state index is 0.0366. The van der Waals surface area contributed by atoms with Gasteiger partial charge < -0.3 is 5.32 Å². The number of nitrogens with zero attached hydrogens (tertiary/aromatic N) is 2. The predicted octanol–water partition coefficient (Wildman–Crippen LogP) is 1.05. The second-order valence-electron chi connectivity index (χ2n) is 6.01. The molecule has 8 heteroatoms. The Morgan fingerprint density at radius 1 is 1.29 bits per heavy atom. The van der Waals surface area contributed by atoms with Gasteiger partial charge in [0.05, 0.1) is 11.4 Å². The average molecular weight is 357 g/mol. The van der Waals surface area contributed by atoms with Crippen molar-refractivity contribution < 1.29 is 17.6 Å². The number of carbonyl (C=O) groups is 1. The first-order chi connectivity index (χ1) is 11.3. The lowest BCUT2D eigenvalue weighted by molar-refractivity contribution is -0.123. The molecule has 134 valence electrons. The van der Waals surface area contributed by atoms with E-state index in [0.29, 0.717) is 13.1 Å². The summed E-state index contributed by atoms with van der Waals surface area (Å²) >= 11 is 0. The van der Waals surface area contributed by atoms with Crippen molar-refractivity contribution in [2.45, 2.75) is 31.2 Å². The maximum atomic E-state index is 13.3. The number of carbonyl (C=O) groups excluding carboxylic acids is 1. The summed E-state index contributed by atoms with van der Waals surface area (Å²) in [5.41, 5.74) is 0. The Morgan fingerprint density at radius 2 is 1.96 bits per heavy atom. The summed E-state index contributed by atoms with van der Waals surface area (Å²) in [6.07, 6.45) is 0.866. The zero-order chi connectivity index (χ0) is 17.7. The highest BCUT2D eigenvalue weighted by atomic mass is 32.2. The molecule has 1 aliphatic heterocycles. The van der Waals surface area contributed by atoms with Crippen molar-refractivity contribution in [1.29, 1.82) is 0 Å². The van der Waals surface area contributed by atoms with Gasteiger partial charge in [-0.25, -0.2) is 12.8 Å². The predicted molar refractivity (Wildman–Crippen MR) is 89.5 cm³/mol. The first-order valence-electron chi connectivity index (χ1n) is 8.10. The van der Waals surface area contributed by atoms with Crippen LogP contribution in [0.2, 0.25) is 0 Å². The molecule has 0 bridgehead atoms. The Hall–Kier alpha value is -1.51. The molecule has 24 heavy (non-hydrogen) atoms. The smallest absolute Gasteiger partial charge is 0.243 e. The van der Waals surface area contributed by atoms with Crippen LogP contribution in [0.25, 0.3) is 0 Å². The molecule has 0 radical (unpaired) electrons. The van der Waals surface area contributed by atoms with E-state index < -0.39 is 15.8 Å². The number of nitrogens with one attached hydrogen (secondary N) is 1. The van der Waals surface area contributed by atoms with Crippen LogP contribution in [0.3, 0.4) is 0 Å². The number of halogens is 1. The monoisotopic (exact) mass is 357 g/mol. The summed E-state index contributed by atoms with van der Waals surface area (Å²) in [5, 5.41) is 2.90. The first-order valence-corrected chi connectivity index (χ1v) is 9.54. The molecule has 1 aliphatic rings. The molecule has 0 aromatic heterocycles. The lowest BCUT2D eigenvalue weighted by Gasteiger charge is -2.33. The summed E-state index contributed by atoms with van der Waals surface area (Å²) in [6, 6.07) is 5.16. The molecule has 1 aromatic carbocycles. The van der Waals surface area contributed by atoms with Gasteiger partial charge in [0.1, 0.15) is 5.82 Å². The van der Waals surface area contributed by atoms with E-state index in [4.69, 9.17) is 0 Å². The second-order valence-corrected chi connectivity index (χ2v) is 7.95. The summed E-state index contributed by atoms with van der Waals surface area (Å²) < 4.78 is 39.6. The van der Waals surface area contributed by atoms with Gasteiger partial charge in [-0.1, -0.05) is 13.0 Å². The number of benzene rings is 1. The second kappa shape index (κ2) is 8.04. The van der Waals surface area contributed by atoms with Gasteiger partial charge in [0.2, 0.25) is 15.9 Å². The molecule has 2 rings (SSSR count). The highest BCUT2D eigenvalue weighted by Gasteiger charge is 2.29. The Labute approximate surface area is 142 Å². The fourth-order valence-corrected chi connectivity index (χ4v) is 3.98. The van der Waals surface area contributed by atoms with E-state index in [9.17, 15) is 17.6 Å². The standard InChI is InChI=1S/C16H24FN3O3S/c1-3-13(2)18-16(21)12-19-7-9-20(10-8-19)24(22,23)15-6-4-5-14(17)11-15/h4-6,11,13H,3,7-10,12H2,1-2H3,(H,18,21)/t13-/m1/s1. The van der Waals surface area contributed by atoms with Gasteiger partial charge in [-0.05, 0) is 31.5 Å². The van der Waals surface area contributed by atoms with E-state index in [1.54, 1.807) is 0 Å². The van der Waals surface area contributed by atoms with Crippen LogP contribution in [0.15, 0.2) is 29.2 Å². The van der Waals surface area contributed by atoms with Gasteiger partial charge in [-0.2, -0.15) is 4.31 Å². The number of hydrogen-bond acceptors (Lipinski definition) is 4. The number of sulfonamides is 1. The highest BCUT2D eigenvalue weighted by Crippen LogP contribution is 2.18. The number of amides is 1. The van der Waals surface area contributed by atoms with Crippen LogP contribution in [-0.4, -0.2) is 62.3 Å². The van der Waals surface area contributed by atoms with Crippen LogP contribution in [0.4, 0.5) is 4.39 Å². The van der Waals surface area contributed by atoms with Crippen LogP contribution in [-0.2, 0) is 14.8 Å². The Bertz CT molecular complexity index is 673. The summed E-state index contributed by atoms with van der Waals surface area (Å²) in [5.74, 6) is -0.623. The molecule has 1 atom stereocenters. The molecule has 1 amide bonds. The van der Waals surface area contributed by atoms with E-state index in [2.05, 4.69) is 5.32 Å². The SMILES string of the molecule is CC[C@@H](C)NC(=O)CN1CCN(S(=O)(=O)c2cccc(F)c2)CC1. The third-order valence-electron chi connectivity index (χ3n) is 4.15. The van der Waals surface area contributed by atoms with Crippen molar-refractivity contribution in [2.24, 2.45) is 0 Å². The van der Waals surface area contributed by atoms with E-state index in [0.717, 1.165) is 12.5 Å². The molecule has 1 heterocycles. The van der Waals surface area contributed by atoms with Gasteiger partial charge in [0.15, 0.2) is 0 Å². The van der Waals surface area contributed by atoms with Crippen molar-refractivity contribution >= 4 is 15.9 Å². The minimum Gasteiger partial charge on any atom is -0.353 e. The topological polar surface area (TPSA) is 69.7 Å². The highest BCUT2D eigenvalue weighted by molar-refractivity contribution is 7.89. The normalized spacial score (nSPS) is 18.3. The Morgan fingerprint density at radius 3 is 2.54 bits per heavy atom. The summed E-state index contributed by atoms with van der Waals surface area (Å²) in [6.45, 7) is 5.73. The van der Waals surface area contributed by atoms with Gasteiger partial charge in [-0.15, -0.1) is 0 Å². The molecule has 1 fully saturated rings. The molecule has 0 unspecified atom stereocenters. The number of hydrogen-bond donors (Lipinski definition) is 1. The lowest BCUT2D eigenvalue weighted by Crippen LogP contribution is -2.51. The van der Waals surface area contributed by atoms with Crippen molar-refractivity contribution in [3.05, 3.63) is 30.1 Å². The van der Waals surface area contributed by atoms with Crippen LogP contribution in [0.1, 0.15) is 20.3 Å². The van der Waals surface area contributed by atoms with Crippen LogP contribution in [0, 0.1) is 5.82 Å². The van der Waals surface area contributed by atoms with Crippen molar-refractivity contribution in [3.8, 4) is 0 Å². The van der Waals surface area contributed by atoms with E-state index >= 15 is 0 Å². The first kappa shape index (κ1) is 18.8. The van der Waals surface area contributed by atoms with E-state index in [1.807, 2.05) is 18.7 Å². The molecule has 1 saturated heterocycles. The van der Waals surface area contributed by atoms with Crippen LogP contribution in [0.5, 0.6) is 0 Å².